The van der Waals surface area contributed by atoms with Crippen LogP contribution in [0, 0.1) is 5.82 Å². The third-order valence-corrected chi connectivity index (χ3v) is 7.94. The van der Waals surface area contributed by atoms with Crippen LogP contribution >= 0.6 is 11.6 Å². The van der Waals surface area contributed by atoms with E-state index in [1.54, 1.807) is 34.1 Å². The topological polar surface area (TPSA) is 90.2 Å². The van der Waals surface area contributed by atoms with Crippen molar-refractivity contribution in [3.05, 3.63) is 63.9 Å². The predicted octanol–water partition coefficient (Wildman–Crippen LogP) is 2.79. The number of piperazine rings is 1. The highest BCUT2D eigenvalue weighted by Gasteiger charge is 2.40. The first-order valence-corrected chi connectivity index (χ1v) is 13.1. The number of halogens is 2. The molecule has 3 aliphatic rings. The molecular weight excluding hydrogens is 497 g/mol. The predicted molar refractivity (Wildman–Crippen MR) is 139 cm³/mol. The van der Waals surface area contributed by atoms with Crippen molar-refractivity contribution in [3.8, 4) is 0 Å². The number of amides is 2. The molecule has 0 radical (unpaired) electrons. The van der Waals surface area contributed by atoms with Crippen LogP contribution in [0.5, 0.6) is 0 Å². The lowest BCUT2D eigenvalue weighted by molar-refractivity contribution is -0.144. The summed E-state index contributed by atoms with van der Waals surface area (Å²) in [4.78, 5) is 45.2. The standard InChI is InChI=1S/C27H31ClFN5O3/c1-17-14-31(15-18-4-6-19(29)7-5-18)10-11-33(17)26(36)21-12-20-22(16-34(30)24(20)13-23(21)28)25(35)27(37)32-8-2-3-9-32/h4-7,12-13,17,22H,2-3,8-11,14-16,30H2,1H3/t17-,22?/m1/s1. The molecule has 37 heavy (non-hydrogen) atoms. The van der Waals surface area contributed by atoms with E-state index in [0.717, 1.165) is 18.4 Å². The van der Waals surface area contributed by atoms with Crippen LogP contribution in [-0.4, -0.2) is 77.6 Å². The van der Waals surface area contributed by atoms with Gasteiger partial charge in [-0.1, -0.05) is 23.7 Å². The number of hydrogen-bond donors (Lipinski definition) is 1. The molecule has 0 bridgehead atoms. The SMILES string of the molecule is C[C@@H]1CN(Cc2ccc(F)cc2)CCN1C(=O)c1cc2c(cc1Cl)N(N)CC2C(=O)C(=O)N1CCCC1. The van der Waals surface area contributed by atoms with Crippen LogP contribution in [0.15, 0.2) is 36.4 Å². The summed E-state index contributed by atoms with van der Waals surface area (Å²) < 4.78 is 13.2. The minimum atomic E-state index is -0.734. The Labute approximate surface area is 220 Å². The number of carbonyl (C=O) groups is 3. The molecule has 196 valence electrons. The molecular formula is C27H31ClFN5O3. The molecule has 5 rings (SSSR count). The van der Waals surface area contributed by atoms with Gasteiger partial charge in [0.05, 0.1) is 22.2 Å². The summed E-state index contributed by atoms with van der Waals surface area (Å²) in [5, 5.41) is 1.69. The van der Waals surface area contributed by atoms with Crippen LogP contribution in [0.4, 0.5) is 10.1 Å². The molecule has 2 aromatic rings. The molecule has 2 saturated heterocycles. The Kier molecular flexibility index (Phi) is 7.20. The fourth-order valence-electron chi connectivity index (χ4n) is 5.59. The fraction of sp³-hybridized carbons (Fsp3) is 0.444. The summed E-state index contributed by atoms with van der Waals surface area (Å²) in [6, 6.07) is 9.63. The highest BCUT2D eigenvalue weighted by atomic mass is 35.5. The summed E-state index contributed by atoms with van der Waals surface area (Å²) in [5.74, 6) is 3.95. The Balaban J connectivity index is 1.32. The van der Waals surface area contributed by atoms with Gasteiger partial charge in [-0.15, -0.1) is 0 Å². The molecule has 0 spiro atoms. The molecule has 2 amide bonds. The molecule has 2 fully saturated rings. The number of carbonyl (C=O) groups excluding carboxylic acids is 3. The Morgan fingerprint density at radius 1 is 1.03 bits per heavy atom. The molecule has 0 aromatic heterocycles. The molecule has 2 N–H and O–H groups in total. The van der Waals surface area contributed by atoms with E-state index in [1.807, 2.05) is 6.92 Å². The van der Waals surface area contributed by atoms with E-state index < -0.39 is 17.6 Å². The lowest BCUT2D eigenvalue weighted by Crippen LogP contribution is -2.53. The van der Waals surface area contributed by atoms with Crippen molar-refractivity contribution >= 4 is 34.9 Å². The zero-order valence-corrected chi connectivity index (χ0v) is 21.6. The second-order valence-electron chi connectivity index (χ2n) is 10.2. The zero-order valence-electron chi connectivity index (χ0n) is 20.8. The van der Waals surface area contributed by atoms with Gasteiger partial charge in [0.1, 0.15) is 5.82 Å². The molecule has 10 heteroatoms. The number of nitrogens with two attached hydrogens (primary N) is 1. The number of hydrazine groups is 1. The van der Waals surface area contributed by atoms with Crippen molar-refractivity contribution in [3.63, 3.8) is 0 Å². The minimum Gasteiger partial charge on any atom is -0.336 e. The molecule has 2 atom stereocenters. The van der Waals surface area contributed by atoms with E-state index >= 15 is 0 Å². The summed E-state index contributed by atoms with van der Waals surface area (Å²) in [6.45, 7) is 5.84. The maximum absolute atomic E-state index is 13.6. The van der Waals surface area contributed by atoms with Crippen molar-refractivity contribution in [2.75, 3.05) is 44.3 Å². The lowest BCUT2D eigenvalue weighted by atomic mass is 9.94. The minimum absolute atomic E-state index is 0.0776. The number of hydrogen-bond acceptors (Lipinski definition) is 6. The second kappa shape index (κ2) is 10.4. The largest absolute Gasteiger partial charge is 0.336 e. The van der Waals surface area contributed by atoms with Crippen molar-refractivity contribution in [1.29, 1.82) is 0 Å². The van der Waals surface area contributed by atoms with Gasteiger partial charge in [0.25, 0.3) is 11.8 Å². The van der Waals surface area contributed by atoms with Gasteiger partial charge in [-0.25, -0.2) is 10.2 Å². The maximum Gasteiger partial charge on any atom is 0.290 e. The molecule has 0 aliphatic carbocycles. The van der Waals surface area contributed by atoms with E-state index in [-0.39, 0.29) is 29.3 Å². The molecule has 0 saturated carbocycles. The number of likely N-dealkylation sites (tertiary alicyclic amines) is 1. The van der Waals surface area contributed by atoms with Gasteiger partial charge < -0.3 is 14.8 Å². The van der Waals surface area contributed by atoms with E-state index in [2.05, 4.69) is 4.90 Å². The monoisotopic (exact) mass is 527 g/mol. The van der Waals surface area contributed by atoms with Gasteiger partial charge in [-0.2, -0.15) is 0 Å². The first-order chi connectivity index (χ1) is 17.7. The number of fused-ring (bicyclic) bond motifs is 1. The van der Waals surface area contributed by atoms with Crippen LogP contribution < -0.4 is 10.9 Å². The van der Waals surface area contributed by atoms with Crippen LogP contribution in [0.25, 0.3) is 0 Å². The number of ketones is 1. The molecule has 8 nitrogen and oxygen atoms in total. The van der Waals surface area contributed by atoms with E-state index in [1.165, 1.54) is 17.1 Å². The molecule has 2 aromatic carbocycles. The highest BCUT2D eigenvalue weighted by molar-refractivity contribution is 6.39. The third kappa shape index (κ3) is 5.08. The quantitative estimate of drug-likeness (QED) is 0.475. The van der Waals surface area contributed by atoms with Gasteiger partial charge in [0, 0.05) is 51.9 Å². The van der Waals surface area contributed by atoms with E-state index in [9.17, 15) is 18.8 Å². The van der Waals surface area contributed by atoms with Crippen molar-refractivity contribution < 1.29 is 18.8 Å². The van der Waals surface area contributed by atoms with Gasteiger partial charge in [0.2, 0.25) is 5.78 Å². The normalized spacial score (nSPS) is 21.9. The van der Waals surface area contributed by atoms with Gasteiger partial charge in [-0.3, -0.25) is 19.3 Å². The summed E-state index contributed by atoms with van der Waals surface area (Å²) in [6.07, 6.45) is 1.79. The first kappa shape index (κ1) is 25.6. The Bertz CT molecular complexity index is 1220. The number of rotatable bonds is 5. The fourth-order valence-corrected chi connectivity index (χ4v) is 5.83. The summed E-state index contributed by atoms with van der Waals surface area (Å²) in [7, 11) is 0. The van der Waals surface area contributed by atoms with Gasteiger partial charge in [-0.05, 0) is 55.2 Å². The Morgan fingerprint density at radius 3 is 2.41 bits per heavy atom. The third-order valence-electron chi connectivity index (χ3n) is 7.62. The lowest BCUT2D eigenvalue weighted by Gasteiger charge is -2.40. The number of Topliss-reactive ketones (excluding diaryl/α,β-unsaturated/α-hetero) is 1. The number of nitrogens with zero attached hydrogens (tertiary/aromatic N) is 4. The summed E-state index contributed by atoms with van der Waals surface area (Å²) >= 11 is 6.55. The number of anilines is 1. The van der Waals surface area contributed by atoms with E-state index in [0.29, 0.717) is 56.1 Å². The highest BCUT2D eigenvalue weighted by Crippen LogP contribution is 2.39. The Morgan fingerprint density at radius 2 is 1.73 bits per heavy atom. The van der Waals surface area contributed by atoms with Crippen LogP contribution in [-0.2, 0) is 16.1 Å². The first-order valence-electron chi connectivity index (χ1n) is 12.7. The average molecular weight is 528 g/mol. The Hall–Kier alpha value is -3.01. The number of benzene rings is 2. The molecule has 3 aliphatic heterocycles. The van der Waals surface area contributed by atoms with Crippen LogP contribution in [0.2, 0.25) is 5.02 Å². The van der Waals surface area contributed by atoms with Gasteiger partial charge in [0.15, 0.2) is 0 Å². The second-order valence-corrected chi connectivity index (χ2v) is 10.6. The summed E-state index contributed by atoms with van der Waals surface area (Å²) in [5.41, 5.74) is 2.45. The van der Waals surface area contributed by atoms with Crippen molar-refractivity contribution in [2.24, 2.45) is 5.84 Å². The van der Waals surface area contributed by atoms with E-state index in [4.69, 9.17) is 17.4 Å². The maximum atomic E-state index is 13.6. The van der Waals surface area contributed by atoms with Crippen molar-refractivity contribution in [2.45, 2.75) is 38.3 Å². The average Bonchev–Trinajstić information content (AvgIpc) is 3.52. The molecule has 1 unspecified atom stereocenters. The van der Waals surface area contributed by atoms with Crippen molar-refractivity contribution in [1.82, 2.24) is 14.7 Å². The smallest absolute Gasteiger partial charge is 0.290 e. The van der Waals surface area contributed by atoms with Gasteiger partial charge >= 0.3 is 0 Å². The zero-order chi connectivity index (χ0) is 26.3. The van der Waals surface area contributed by atoms with Crippen LogP contribution in [0.3, 0.4) is 0 Å². The molecule has 3 heterocycles. The van der Waals surface area contributed by atoms with Crippen LogP contribution in [0.1, 0.15) is 47.2 Å².